The third-order valence-electron chi connectivity index (χ3n) is 4.66. The molecule has 1 heterocycles. The average molecular weight is 495 g/mol. The fourth-order valence-electron chi connectivity index (χ4n) is 2.92. The van der Waals surface area contributed by atoms with Crippen LogP contribution in [0.15, 0.2) is 94.4 Å². The van der Waals surface area contributed by atoms with Gasteiger partial charge in [0.2, 0.25) is 0 Å². The highest BCUT2D eigenvalue weighted by atomic mass is 35.5. The molecule has 8 heteroatoms. The molecule has 0 fully saturated rings. The number of nitrogens with zero attached hydrogens (tertiary/aromatic N) is 1. The van der Waals surface area contributed by atoms with Gasteiger partial charge in [-0.2, -0.15) is 5.10 Å². The second-order valence-electron chi connectivity index (χ2n) is 7.17. The number of hydrogen-bond donors (Lipinski definition) is 1. The van der Waals surface area contributed by atoms with E-state index in [9.17, 15) is 4.79 Å². The van der Waals surface area contributed by atoms with Gasteiger partial charge in [0.15, 0.2) is 5.76 Å². The summed E-state index contributed by atoms with van der Waals surface area (Å²) in [5, 5.41) is 4.97. The number of ether oxygens (including phenoxy) is 2. The van der Waals surface area contributed by atoms with E-state index in [1.165, 1.54) is 6.21 Å². The first-order chi connectivity index (χ1) is 16.6. The minimum Gasteiger partial charge on any atom is -0.489 e. The van der Waals surface area contributed by atoms with Crippen LogP contribution in [-0.4, -0.2) is 12.1 Å². The molecule has 0 saturated heterocycles. The Labute approximate surface area is 206 Å². The zero-order valence-corrected chi connectivity index (χ0v) is 19.4. The Morgan fingerprint density at radius 2 is 1.59 bits per heavy atom. The summed E-state index contributed by atoms with van der Waals surface area (Å²) >= 11 is 11.9. The van der Waals surface area contributed by atoms with Crippen molar-refractivity contribution in [3.8, 4) is 11.5 Å². The number of hydrogen-bond acceptors (Lipinski definition) is 5. The Bertz CT molecular complexity index is 1270. The molecule has 0 spiro atoms. The van der Waals surface area contributed by atoms with Gasteiger partial charge >= 0.3 is 5.91 Å². The molecule has 34 heavy (non-hydrogen) atoms. The molecule has 1 aromatic heterocycles. The lowest BCUT2D eigenvalue weighted by atomic mass is 10.2. The monoisotopic (exact) mass is 494 g/mol. The molecule has 0 aliphatic heterocycles. The van der Waals surface area contributed by atoms with Crippen LogP contribution in [0.5, 0.6) is 11.5 Å². The van der Waals surface area contributed by atoms with Crippen LogP contribution in [0.1, 0.15) is 27.4 Å². The van der Waals surface area contributed by atoms with Crippen LogP contribution in [0.2, 0.25) is 10.0 Å². The van der Waals surface area contributed by atoms with E-state index in [-0.39, 0.29) is 12.4 Å². The van der Waals surface area contributed by atoms with Gasteiger partial charge in [-0.3, -0.25) is 4.79 Å². The van der Waals surface area contributed by atoms with E-state index >= 15 is 0 Å². The van der Waals surface area contributed by atoms with Gasteiger partial charge in [-0.15, -0.1) is 0 Å². The lowest BCUT2D eigenvalue weighted by Crippen LogP contribution is -2.16. The van der Waals surface area contributed by atoms with Crippen LogP contribution in [0, 0.1) is 0 Å². The number of carbonyl (C=O) groups is 1. The first-order valence-electron chi connectivity index (χ1n) is 10.3. The summed E-state index contributed by atoms with van der Waals surface area (Å²) in [5.74, 6) is 1.64. The third kappa shape index (κ3) is 6.63. The van der Waals surface area contributed by atoms with Crippen molar-refractivity contribution in [3.05, 3.63) is 118 Å². The Hall–Kier alpha value is -3.74. The fourth-order valence-corrected chi connectivity index (χ4v) is 3.24. The summed E-state index contributed by atoms with van der Waals surface area (Å²) in [6, 6.07) is 25.3. The number of amides is 1. The predicted octanol–water partition coefficient (Wildman–Crippen LogP) is 6.51. The second-order valence-corrected chi connectivity index (χ2v) is 7.99. The number of hydrazone groups is 1. The fraction of sp³-hybridized carbons (Fsp3) is 0.0769. The van der Waals surface area contributed by atoms with Crippen molar-refractivity contribution in [1.82, 2.24) is 5.43 Å². The highest BCUT2D eigenvalue weighted by Gasteiger charge is 2.11. The number of halogens is 2. The van der Waals surface area contributed by atoms with E-state index in [1.54, 1.807) is 24.3 Å². The van der Waals surface area contributed by atoms with Gasteiger partial charge in [0.05, 0.1) is 16.3 Å². The lowest BCUT2D eigenvalue weighted by molar-refractivity contribution is 0.0923. The molecule has 0 aliphatic rings. The van der Waals surface area contributed by atoms with Crippen LogP contribution in [-0.2, 0) is 13.2 Å². The second kappa shape index (κ2) is 11.4. The molecule has 3 aromatic carbocycles. The molecule has 1 N–H and O–H groups in total. The molecule has 0 radical (unpaired) electrons. The molecule has 0 saturated carbocycles. The maximum Gasteiger partial charge on any atom is 0.307 e. The zero-order valence-electron chi connectivity index (χ0n) is 17.9. The smallest absolute Gasteiger partial charge is 0.307 e. The summed E-state index contributed by atoms with van der Waals surface area (Å²) in [6.07, 6.45) is 1.53. The van der Waals surface area contributed by atoms with Gasteiger partial charge in [0.1, 0.15) is 30.5 Å². The van der Waals surface area contributed by atoms with Crippen molar-refractivity contribution < 1.29 is 18.7 Å². The summed E-state index contributed by atoms with van der Waals surface area (Å²) in [6.45, 7) is 0.585. The van der Waals surface area contributed by atoms with Crippen LogP contribution in [0.3, 0.4) is 0 Å². The standard InChI is InChI=1S/C26H20Cl2N2O4/c27-23-12-8-19(14-24(23)28)16-32-21-9-6-18(7-10-21)15-29-30-26(31)25-13-11-22(34-25)17-33-20-4-2-1-3-5-20/h1-15H,16-17H2,(H,30,31)/b29-15-. The van der Waals surface area contributed by atoms with Crippen molar-refractivity contribution in [1.29, 1.82) is 0 Å². The lowest BCUT2D eigenvalue weighted by Gasteiger charge is -2.07. The van der Waals surface area contributed by atoms with Gasteiger partial charge in [-0.1, -0.05) is 47.5 Å². The van der Waals surface area contributed by atoms with E-state index in [0.717, 1.165) is 16.9 Å². The van der Waals surface area contributed by atoms with Crippen LogP contribution in [0.25, 0.3) is 0 Å². The molecule has 1 amide bonds. The van der Waals surface area contributed by atoms with E-state index in [2.05, 4.69) is 10.5 Å². The topological polar surface area (TPSA) is 73.1 Å². The largest absolute Gasteiger partial charge is 0.489 e. The zero-order chi connectivity index (χ0) is 23.8. The third-order valence-corrected chi connectivity index (χ3v) is 5.40. The molecule has 6 nitrogen and oxygen atoms in total. The van der Waals surface area contributed by atoms with Gasteiger partial charge in [0, 0.05) is 0 Å². The van der Waals surface area contributed by atoms with E-state index in [0.29, 0.717) is 28.2 Å². The van der Waals surface area contributed by atoms with E-state index in [4.69, 9.17) is 37.1 Å². The molecule has 0 aliphatic carbocycles. The maximum atomic E-state index is 12.2. The van der Waals surface area contributed by atoms with Crippen molar-refractivity contribution in [3.63, 3.8) is 0 Å². The van der Waals surface area contributed by atoms with Crippen LogP contribution >= 0.6 is 23.2 Å². The number of furan rings is 1. The number of benzene rings is 3. The van der Waals surface area contributed by atoms with E-state index in [1.807, 2.05) is 60.7 Å². The van der Waals surface area contributed by atoms with Crippen molar-refractivity contribution in [2.24, 2.45) is 5.10 Å². The molecular formula is C26H20Cl2N2O4. The van der Waals surface area contributed by atoms with Gasteiger partial charge in [0.25, 0.3) is 0 Å². The SMILES string of the molecule is O=C(N/N=C\c1ccc(OCc2ccc(Cl)c(Cl)c2)cc1)c1ccc(COc2ccccc2)o1. The van der Waals surface area contributed by atoms with Crippen molar-refractivity contribution >= 4 is 35.3 Å². The highest BCUT2D eigenvalue weighted by Crippen LogP contribution is 2.23. The quantitative estimate of drug-likeness (QED) is 0.212. The first-order valence-corrected chi connectivity index (χ1v) is 11.1. The minimum absolute atomic E-state index is 0.148. The normalized spacial score (nSPS) is 10.9. The van der Waals surface area contributed by atoms with E-state index < -0.39 is 5.91 Å². The predicted molar refractivity (Wildman–Crippen MR) is 132 cm³/mol. The average Bonchev–Trinajstić information content (AvgIpc) is 3.34. The molecule has 4 aromatic rings. The number of rotatable bonds is 9. The highest BCUT2D eigenvalue weighted by molar-refractivity contribution is 6.42. The Balaban J connectivity index is 1.24. The molecular weight excluding hydrogens is 475 g/mol. The summed E-state index contributed by atoms with van der Waals surface area (Å²) in [7, 11) is 0. The number of carbonyl (C=O) groups excluding carboxylic acids is 1. The Morgan fingerprint density at radius 3 is 2.35 bits per heavy atom. The summed E-state index contributed by atoms with van der Waals surface area (Å²) in [4.78, 5) is 12.2. The van der Waals surface area contributed by atoms with Crippen LogP contribution in [0.4, 0.5) is 0 Å². The van der Waals surface area contributed by atoms with Gasteiger partial charge in [-0.05, 0) is 71.8 Å². The first kappa shape index (κ1) is 23.4. The Morgan fingerprint density at radius 1 is 0.853 bits per heavy atom. The summed E-state index contributed by atoms with van der Waals surface area (Å²) < 4.78 is 16.9. The number of nitrogens with one attached hydrogen (secondary N) is 1. The van der Waals surface area contributed by atoms with Gasteiger partial charge in [-0.25, -0.2) is 5.43 Å². The minimum atomic E-state index is -0.455. The molecule has 0 unspecified atom stereocenters. The molecule has 0 bridgehead atoms. The maximum absolute atomic E-state index is 12.2. The Kier molecular flexibility index (Phi) is 7.86. The van der Waals surface area contributed by atoms with Crippen molar-refractivity contribution in [2.75, 3.05) is 0 Å². The molecule has 172 valence electrons. The summed E-state index contributed by atoms with van der Waals surface area (Å²) in [5.41, 5.74) is 4.15. The van der Waals surface area contributed by atoms with Crippen LogP contribution < -0.4 is 14.9 Å². The van der Waals surface area contributed by atoms with Crippen molar-refractivity contribution in [2.45, 2.75) is 13.2 Å². The molecule has 4 rings (SSSR count). The van der Waals surface area contributed by atoms with Gasteiger partial charge < -0.3 is 13.9 Å². The number of para-hydroxylation sites is 1. The molecule has 0 atom stereocenters.